The fourth-order valence-corrected chi connectivity index (χ4v) is 3.24. The number of aromatic hydroxyl groups is 1. The normalized spacial score (nSPS) is 36.3. The van der Waals surface area contributed by atoms with E-state index < -0.39 is 47.9 Å². The van der Waals surface area contributed by atoms with Crippen LogP contribution in [-0.4, -0.2) is 67.7 Å². The molecule has 0 saturated carbocycles. The van der Waals surface area contributed by atoms with E-state index >= 15 is 0 Å². The molecule has 3 heterocycles. The zero-order valence-electron chi connectivity index (χ0n) is 12.9. The minimum atomic E-state index is -0.927. The smallest absolute Gasteiger partial charge is 0.223 e. The van der Waals surface area contributed by atoms with E-state index in [4.69, 9.17) is 9.47 Å². The number of hydrogen-bond donors (Lipinski definition) is 5. The Balaban J connectivity index is 1.97. The standard InChI is InChI=1S/C15H21NO8/c17-5-11-8(20)3-10(23-11)14-15(22)7(19)1-2-16(14)13-4-9(21)12(6-18)24-13/h1-2,8-13,17-18,20-22H,3-6H2/t8-,9-,10+,11+,12+,13+/m0/s1. The second kappa shape index (κ2) is 6.79. The van der Waals surface area contributed by atoms with Crippen molar-refractivity contribution in [2.24, 2.45) is 0 Å². The van der Waals surface area contributed by atoms with Crippen molar-refractivity contribution in [1.82, 2.24) is 4.57 Å². The molecule has 1 aromatic rings. The van der Waals surface area contributed by atoms with Gasteiger partial charge in [0.15, 0.2) is 5.75 Å². The van der Waals surface area contributed by atoms with E-state index in [1.165, 1.54) is 10.8 Å². The molecule has 0 bridgehead atoms. The highest BCUT2D eigenvalue weighted by molar-refractivity contribution is 5.30. The quantitative estimate of drug-likeness (QED) is 0.439. The SMILES string of the molecule is O=c1ccn([C@H]2C[C@H](O)[C@@H](CO)O2)c([C@H]2C[C@H](O)[C@@H](CO)O2)c1O. The Labute approximate surface area is 137 Å². The van der Waals surface area contributed by atoms with Crippen molar-refractivity contribution in [2.75, 3.05) is 13.2 Å². The van der Waals surface area contributed by atoms with E-state index in [-0.39, 0.29) is 31.7 Å². The number of nitrogens with zero attached hydrogens (tertiary/aromatic N) is 1. The van der Waals surface area contributed by atoms with Gasteiger partial charge in [0, 0.05) is 25.1 Å². The van der Waals surface area contributed by atoms with Crippen molar-refractivity contribution in [3.63, 3.8) is 0 Å². The minimum Gasteiger partial charge on any atom is -0.503 e. The number of hydrogen-bond acceptors (Lipinski definition) is 8. The fourth-order valence-electron chi connectivity index (χ4n) is 3.24. The van der Waals surface area contributed by atoms with Gasteiger partial charge in [0.2, 0.25) is 5.43 Å². The largest absolute Gasteiger partial charge is 0.503 e. The van der Waals surface area contributed by atoms with E-state index in [1.807, 2.05) is 0 Å². The summed E-state index contributed by atoms with van der Waals surface area (Å²) in [4.78, 5) is 11.8. The molecule has 2 saturated heterocycles. The zero-order chi connectivity index (χ0) is 17.4. The molecule has 0 amide bonds. The molecule has 2 aliphatic rings. The third-order valence-corrected chi connectivity index (χ3v) is 4.54. The molecule has 2 fully saturated rings. The van der Waals surface area contributed by atoms with Crippen LogP contribution in [0.4, 0.5) is 0 Å². The maximum atomic E-state index is 11.8. The van der Waals surface area contributed by atoms with Crippen molar-refractivity contribution >= 4 is 0 Å². The molecule has 134 valence electrons. The van der Waals surface area contributed by atoms with Gasteiger partial charge in [-0.3, -0.25) is 4.79 Å². The molecule has 0 radical (unpaired) electrons. The maximum absolute atomic E-state index is 11.8. The summed E-state index contributed by atoms with van der Waals surface area (Å²) < 4.78 is 12.6. The topological polar surface area (TPSA) is 142 Å². The summed E-state index contributed by atoms with van der Waals surface area (Å²) in [7, 11) is 0. The second-order valence-electron chi connectivity index (χ2n) is 6.08. The lowest BCUT2D eigenvalue weighted by molar-refractivity contribution is -0.0523. The summed E-state index contributed by atoms with van der Waals surface area (Å²) >= 11 is 0. The summed E-state index contributed by atoms with van der Waals surface area (Å²) in [6.45, 7) is -0.745. The summed E-state index contributed by atoms with van der Waals surface area (Å²) in [5.74, 6) is -0.529. The van der Waals surface area contributed by atoms with Gasteiger partial charge >= 0.3 is 0 Å². The summed E-state index contributed by atoms with van der Waals surface area (Å²) in [6.07, 6.45) is -3.20. The molecule has 0 unspecified atom stereocenters. The summed E-state index contributed by atoms with van der Waals surface area (Å²) in [6, 6.07) is 1.16. The molecular formula is C15H21NO8. The average Bonchev–Trinajstić information content (AvgIpc) is 3.12. The van der Waals surface area contributed by atoms with Crippen molar-refractivity contribution in [1.29, 1.82) is 0 Å². The van der Waals surface area contributed by atoms with Gasteiger partial charge in [0.1, 0.15) is 24.5 Å². The van der Waals surface area contributed by atoms with E-state index in [9.17, 15) is 30.3 Å². The summed E-state index contributed by atoms with van der Waals surface area (Å²) in [5.41, 5.74) is -0.489. The van der Waals surface area contributed by atoms with Gasteiger partial charge in [-0.05, 0) is 0 Å². The Kier molecular flexibility index (Phi) is 4.90. The van der Waals surface area contributed by atoms with Crippen LogP contribution in [0, 0.1) is 0 Å². The van der Waals surface area contributed by atoms with Gasteiger partial charge in [0.25, 0.3) is 0 Å². The number of aliphatic hydroxyl groups excluding tert-OH is 4. The Morgan fingerprint density at radius 1 is 1.08 bits per heavy atom. The van der Waals surface area contributed by atoms with Crippen molar-refractivity contribution in [3.05, 3.63) is 28.2 Å². The van der Waals surface area contributed by atoms with Crippen molar-refractivity contribution in [2.45, 2.75) is 49.6 Å². The Hall–Kier alpha value is -1.49. The second-order valence-corrected chi connectivity index (χ2v) is 6.08. The highest BCUT2D eigenvalue weighted by Gasteiger charge is 2.40. The lowest BCUT2D eigenvalue weighted by Gasteiger charge is -2.24. The van der Waals surface area contributed by atoms with Crippen molar-refractivity contribution in [3.8, 4) is 5.75 Å². The number of aromatic nitrogens is 1. The van der Waals surface area contributed by atoms with Crippen LogP contribution in [-0.2, 0) is 9.47 Å². The molecule has 24 heavy (non-hydrogen) atoms. The lowest BCUT2D eigenvalue weighted by atomic mass is 10.1. The van der Waals surface area contributed by atoms with Crippen LogP contribution in [0.3, 0.4) is 0 Å². The molecule has 9 heteroatoms. The molecule has 6 atom stereocenters. The Bertz CT molecular complexity index is 647. The van der Waals surface area contributed by atoms with Gasteiger partial charge in [-0.1, -0.05) is 0 Å². The van der Waals surface area contributed by atoms with Crippen LogP contribution < -0.4 is 5.43 Å². The Morgan fingerprint density at radius 2 is 1.71 bits per heavy atom. The highest BCUT2D eigenvalue weighted by Crippen LogP contribution is 2.39. The molecule has 1 aromatic heterocycles. The van der Waals surface area contributed by atoms with E-state index in [0.717, 1.165) is 6.07 Å². The van der Waals surface area contributed by atoms with Gasteiger partial charge < -0.3 is 39.6 Å². The van der Waals surface area contributed by atoms with Gasteiger partial charge in [-0.15, -0.1) is 0 Å². The molecule has 3 rings (SSSR count). The van der Waals surface area contributed by atoms with E-state index in [1.54, 1.807) is 0 Å². The van der Waals surface area contributed by atoms with Crippen LogP contribution in [0.15, 0.2) is 17.1 Å². The molecule has 2 aliphatic heterocycles. The maximum Gasteiger partial charge on any atom is 0.223 e. The molecule has 0 aromatic carbocycles. The zero-order valence-corrected chi connectivity index (χ0v) is 12.9. The third kappa shape index (κ3) is 2.94. The number of ether oxygens (including phenoxy) is 2. The van der Waals surface area contributed by atoms with Gasteiger partial charge in [-0.25, -0.2) is 0 Å². The number of aliphatic hydroxyl groups is 4. The Morgan fingerprint density at radius 3 is 2.29 bits per heavy atom. The van der Waals surface area contributed by atoms with Crippen molar-refractivity contribution < 1.29 is 35.0 Å². The predicted octanol–water partition coefficient (Wildman–Crippen LogP) is -1.62. The minimum absolute atomic E-state index is 0.0982. The van der Waals surface area contributed by atoms with Gasteiger partial charge in [0.05, 0.1) is 31.1 Å². The first-order chi connectivity index (χ1) is 11.5. The van der Waals surface area contributed by atoms with Crippen LogP contribution in [0.1, 0.15) is 30.9 Å². The molecular weight excluding hydrogens is 322 g/mol. The monoisotopic (exact) mass is 343 g/mol. The van der Waals surface area contributed by atoms with E-state index in [0.29, 0.717) is 0 Å². The summed E-state index contributed by atoms with van der Waals surface area (Å²) in [5, 5.41) is 48.4. The molecule has 5 N–H and O–H groups in total. The molecule has 0 spiro atoms. The first-order valence-electron chi connectivity index (χ1n) is 7.79. The van der Waals surface area contributed by atoms with E-state index in [2.05, 4.69) is 0 Å². The van der Waals surface area contributed by atoms with Crippen LogP contribution >= 0.6 is 0 Å². The van der Waals surface area contributed by atoms with Crippen LogP contribution in [0.5, 0.6) is 5.75 Å². The first kappa shape index (κ1) is 17.3. The van der Waals surface area contributed by atoms with Crippen LogP contribution in [0.25, 0.3) is 0 Å². The molecule has 9 nitrogen and oxygen atoms in total. The fraction of sp³-hybridized carbons (Fsp3) is 0.667. The first-order valence-corrected chi connectivity index (χ1v) is 7.79. The van der Waals surface area contributed by atoms with Gasteiger partial charge in [-0.2, -0.15) is 0 Å². The highest BCUT2D eigenvalue weighted by atomic mass is 16.5. The number of pyridine rings is 1. The van der Waals surface area contributed by atoms with Crippen LogP contribution in [0.2, 0.25) is 0 Å². The molecule has 0 aliphatic carbocycles. The lowest BCUT2D eigenvalue weighted by Crippen LogP contribution is -2.25. The third-order valence-electron chi connectivity index (χ3n) is 4.54. The predicted molar refractivity (Wildman–Crippen MR) is 79.3 cm³/mol. The average molecular weight is 343 g/mol. The number of rotatable bonds is 4.